The molecule has 0 fully saturated rings. The van der Waals surface area contributed by atoms with Crippen LogP contribution in [0.25, 0.3) is 0 Å². The molecule has 1 rings (SSSR count). The molecule has 1 N–H and O–H groups in total. The highest BCUT2D eigenvalue weighted by atomic mass is 16.6. The van der Waals surface area contributed by atoms with Gasteiger partial charge in [0.1, 0.15) is 11.3 Å². The van der Waals surface area contributed by atoms with Gasteiger partial charge >= 0.3 is 5.82 Å². The van der Waals surface area contributed by atoms with Crippen LogP contribution in [0, 0.1) is 10.1 Å². The fourth-order valence-corrected chi connectivity index (χ4v) is 0.707. The number of aromatic nitrogens is 3. The number of rotatable bonds is 4. The molecule has 0 radical (unpaired) electrons. The van der Waals surface area contributed by atoms with Crippen molar-refractivity contribution >= 4 is 5.82 Å². The Bertz CT molecular complexity index is 271. The molecule has 1 aromatic rings. The fourth-order valence-electron chi connectivity index (χ4n) is 0.707. The highest BCUT2D eigenvalue weighted by Gasteiger charge is 2.10. The van der Waals surface area contributed by atoms with E-state index < -0.39 is 4.92 Å². The molecule has 0 saturated heterocycles. The smallest absolute Gasteiger partial charge is 0.358 e. The first kappa shape index (κ1) is 8.60. The maximum Gasteiger partial charge on any atom is 0.410 e. The quantitative estimate of drug-likeness (QED) is 0.483. The molecule has 0 atom stereocenters. The van der Waals surface area contributed by atoms with Crippen LogP contribution in [0.3, 0.4) is 0 Å². The maximum atomic E-state index is 10.2. The van der Waals surface area contributed by atoms with Crippen molar-refractivity contribution in [2.24, 2.45) is 0 Å². The highest BCUT2D eigenvalue weighted by Crippen LogP contribution is 2.01. The molecular formula is C5H9N5O2. The molecule has 0 aliphatic heterocycles. The van der Waals surface area contributed by atoms with Gasteiger partial charge in [-0.15, -0.1) is 0 Å². The predicted molar refractivity (Wildman–Crippen MR) is 40.6 cm³/mol. The standard InChI is InChI=1S/C5H9N5O2/c1-6-2-3-9-4-5(7-8-9)10(11)12/h4,6H,2-3H2,1H3. The van der Waals surface area contributed by atoms with Crippen LogP contribution < -0.4 is 5.32 Å². The second kappa shape index (κ2) is 3.77. The molecule has 7 nitrogen and oxygen atoms in total. The van der Waals surface area contributed by atoms with E-state index in [1.807, 2.05) is 0 Å². The van der Waals surface area contributed by atoms with Crippen molar-refractivity contribution in [3.8, 4) is 0 Å². The third kappa shape index (κ3) is 1.99. The molecule has 0 spiro atoms. The number of hydrogen-bond donors (Lipinski definition) is 1. The number of nitrogens with one attached hydrogen (secondary N) is 1. The van der Waals surface area contributed by atoms with Crippen molar-refractivity contribution in [2.75, 3.05) is 13.6 Å². The molecule has 0 aliphatic carbocycles. The molecule has 0 unspecified atom stereocenters. The third-order valence-corrected chi connectivity index (χ3v) is 1.30. The van der Waals surface area contributed by atoms with E-state index >= 15 is 0 Å². The van der Waals surface area contributed by atoms with Crippen LogP contribution in [0.5, 0.6) is 0 Å². The minimum absolute atomic E-state index is 0.217. The molecule has 0 amide bonds. The van der Waals surface area contributed by atoms with Crippen molar-refractivity contribution in [2.45, 2.75) is 6.54 Å². The van der Waals surface area contributed by atoms with Gasteiger partial charge in [-0.2, -0.15) is 0 Å². The van der Waals surface area contributed by atoms with Crippen molar-refractivity contribution < 1.29 is 4.92 Å². The van der Waals surface area contributed by atoms with Gasteiger partial charge in [0.2, 0.25) is 0 Å². The van der Waals surface area contributed by atoms with Crippen LogP contribution in [-0.2, 0) is 6.54 Å². The molecule has 0 saturated carbocycles. The van der Waals surface area contributed by atoms with Gasteiger partial charge in [-0.3, -0.25) is 0 Å². The minimum Gasteiger partial charge on any atom is -0.358 e. The molecule has 0 bridgehead atoms. The number of hydrogen-bond acceptors (Lipinski definition) is 5. The summed E-state index contributed by atoms with van der Waals surface area (Å²) in [5.41, 5.74) is 0. The lowest BCUT2D eigenvalue weighted by Crippen LogP contribution is -2.15. The van der Waals surface area contributed by atoms with Crippen LogP contribution in [-0.4, -0.2) is 33.5 Å². The monoisotopic (exact) mass is 171 g/mol. The van der Waals surface area contributed by atoms with E-state index in [2.05, 4.69) is 15.6 Å². The fraction of sp³-hybridized carbons (Fsp3) is 0.600. The average Bonchev–Trinajstić information content (AvgIpc) is 2.48. The van der Waals surface area contributed by atoms with E-state index in [9.17, 15) is 10.1 Å². The Morgan fingerprint density at radius 3 is 3.08 bits per heavy atom. The lowest BCUT2D eigenvalue weighted by atomic mass is 10.6. The van der Waals surface area contributed by atoms with E-state index in [1.54, 1.807) is 7.05 Å². The highest BCUT2D eigenvalue weighted by molar-refractivity contribution is 5.08. The maximum absolute atomic E-state index is 10.2. The lowest BCUT2D eigenvalue weighted by molar-refractivity contribution is -0.389. The van der Waals surface area contributed by atoms with Crippen LogP contribution >= 0.6 is 0 Å². The first-order valence-corrected chi connectivity index (χ1v) is 3.43. The van der Waals surface area contributed by atoms with Crippen LogP contribution in [0.1, 0.15) is 0 Å². The Morgan fingerprint density at radius 2 is 2.58 bits per heavy atom. The van der Waals surface area contributed by atoms with Crippen LogP contribution in [0.2, 0.25) is 0 Å². The minimum atomic E-state index is -0.567. The zero-order valence-electron chi connectivity index (χ0n) is 6.60. The van der Waals surface area contributed by atoms with Crippen molar-refractivity contribution in [1.29, 1.82) is 0 Å². The van der Waals surface area contributed by atoms with Crippen molar-refractivity contribution in [3.05, 3.63) is 16.3 Å². The number of nitrogens with zero attached hydrogens (tertiary/aromatic N) is 4. The van der Waals surface area contributed by atoms with E-state index in [4.69, 9.17) is 0 Å². The zero-order chi connectivity index (χ0) is 8.97. The summed E-state index contributed by atoms with van der Waals surface area (Å²) < 4.78 is 1.43. The average molecular weight is 171 g/mol. The van der Waals surface area contributed by atoms with Gasteiger partial charge in [-0.05, 0) is 12.0 Å². The SMILES string of the molecule is CNCCn1cc([N+](=O)[O-])nn1. The Labute approximate surface area is 68.5 Å². The second-order valence-electron chi connectivity index (χ2n) is 2.20. The molecular weight excluding hydrogens is 162 g/mol. The van der Waals surface area contributed by atoms with Crippen molar-refractivity contribution in [1.82, 2.24) is 20.3 Å². The van der Waals surface area contributed by atoms with Crippen LogP contribution in [0.4, 0.5) is 5.82 Å². The molecule has 66 valence electrons. The summed E-state index contributed by atoms with van der Waals surface area (Å²) >= 11 is 0. The van der Waals surface area contributed by atoms with E-state index in [1.165, 1.54) is 10.9 Å². The molecule has 1 heterocycles. The molecule has 0 aromatic carbocycles. The van der Waals surface area contributed by atoms with E-state index in [-0.39, 0.29) is 5.82 Å². The first-order valence-electron chi connectivity index (χ1n) is 3.43. The topological polar surface area (TPSA) is 85.9 Å². The molecule has 1 aromatic heterocycles. The van der Waals surface area contributed by atoms with Gasteiger partial charge in [0.15, 0.2) is 0 Å². The molecule has 12 heavy (non-hydrogen) atoms. The van der Waals surface area contributed by atoms with Gasteiger partial charge in [0.25, 0.3) is 0 Å². The Morgan fingerprint density at radius 1 is 1.83 bits per heavy atom. The van der Waals surface area contributed by atoms with Crippen LogP contribution in [0.15, 0.2) is 6.20 Å². The Kier molecular flexibility index (Phi) is 2.70. The third-order valence-electron chi connectivity index (χ3n) is 1.30. The summed E-state index contributed by atoms with van der Waals surface area (Å²) in [5, 5.41) is 20.0. The summed E-state index contributed by atoms with van der Waals surface area (Å²) in [7, 11) is 1.80. The summed E-state index contributed by atoms with van der Waals surface area (Å²) in [6.07, 6.45) is 1.30. The Hall–Kier alpha value is -1.50. The lowest BCUT2D eigenvalue weighted by Gasteiger charge is -1.94. The van der Waals surface area contributed by atoms with E-state index in [0.717, 1.165) is 0 Å². The van der Waals surface area contributed by atoms with Gasteiger partial charge in [0, 0.05) is 6.54 Å². The van der Waals surface area contributed by atoms with E-state index in [0.29, 0.717) is 13.1 Å². The van der Waals surface area contributed by atoms with Gasteiger partial charge in [-0.1, -0.05) is 0 Å². The molecule has 0 aliphatic rings. The summed E-state index contributed by atoms with van der Waals surface area (Å²) in [6.45, 7) is 1.29. The predicted octanol–water partition coefficient (Wildman–Crippen LogP) is -0.594. The summed E-state index contributed by atoms with van der Waals surface area (Å²) in [5.74, 6) is -0.217. The first-order chi connectivity index (χ1) is 5.74. The molecule has 7 heteroatoms. The van der Waals surface area contributed by atoms with Gasteiger partial charge in [0.05, 0.1) is 11.8 Å². The zero-order valence-corrected chi connectivity index (χ0v) is 6.60. The van der Waals surface area contributed by atoms with Gasteiger partial charge < -0.3 is 15.4 Å². The number of nitro groups is 1. The summed E-state index contributed by atoms with van der Waals surface area (Å²) in [4.78, 5) is 9.60. The summed E-state index contributed by atoms with van der Waals surface area (Å²) in [6, 6.07) is 0. The Balaban J connectivity index is 2.58. The normalized spacial score (nSPS) is 10.1. The second-order valence-corrected chi connectivity index (χ2v) is 2.20. The van der Waals surface area contributed by atoms with Gasteiger partial charge in [-0.25, -0.2) is 4.68 Å². The number of likely N-dealkylation sites (N-methyl/N-ethyl adjacent to an activating group) is 1. The largest absolute Gasteiger partial charge is 0.410 e. The van der Waals surface area contributed by atoms with Crippen molar-refractivity contribution in [3.63, 3.8) is 0 Å².